The summed E-state index contributed by atoms with van der Waals surface area (Å²) < 4.78 is 6.02. The van der Waals surface area contributed by atoms with Crippen LogP contribution >= 0.6 is 0 Å². The highest BCUT2D eigenvalue weighted by Gasteiger charge is 2.06. The lowest BCUT2D eigenvalue weighted by Gasteiger charge is -2.22. The van der Waals surface area contributed by atoms with Crippen LogP contribution in [0.4, 0.5) is 0 Å². The molecule has 0 aliphatic heterocycles. The van der Waals surface area contributed by atoms with E-state index in [1.165, 1.54) is 148 Å². The van der Waals surface area contributed by atoms with Crippen molar-refractivity contribution in [3.63, 3.8) is 0 Å². The maximum Gasteiger partial charge on any atom is 0.0685 e. The fourth-order valence-electron chi connectivity index (χ4n) is 4.93. The molecular formula is C38H88N2O2. The highest BCUT2D eigenvalue weighted by molar-refractivity contribution is 4.55. The summed E-state index contributed by atoms with van der Waals surface area (Å²) in [6.45, 7) is 16.3. The number of unbranched alkanes of at least 4 members (excludes halogenated alkanes) is 18. The molecule has 0 rings (SSSR count). The minimum atomic E-state index is 0. The molecule has 0 aliphatic carbocycles. The fourth-order valence-corrected chi connectivity index (χ4v) is 4.93. The number of rotatable bonds is 32. The van der Waals surface area contributed by atoms with Crippen LogP contribution in [-0.2, 0) is 9.57 Å². The minimum absolute atomic E-state index is 0. The largest absolute Gasteiger partial charge is 0.379 e. The van der Waals surface area contributed by atoms with E-state index in [2.05, 4.69) is 45.0 Å². The van der Waals surface area contributed by atoms with Crippen molar-refractivity contribution in [3.05, 3.63) is 0 Å². The van der Waals surface area contributed by atoms with Crippen LogP contribution in [0.1, 0.15) is 205 Å². The van der Waals surface area contributed by atoms with Gasteiger partial charge in [-0.1, -0.05) is 165 Å². The van der Waals surface area contributed by atoms with Gasteiger partial charge in [0.1, 0.15) is 0 Å². The molecule has 1 atom stereocenters. The molecule has 4 nitrogen and oxygen atoms in total. The first-order valence-corrected chi connectivity index (χ1v) is 18.3. The second kappa shape index (κ2) is 45.3. The predicted molar refractivity (Wildman–Crippen MR) is 196 cm³/mol. The zero-order chi connectivity index (χ0) is 29.8. The molecule has 0 aromatic rings. The Bertz CT molecular complexity index is 425. The van der Waals surface area contributed by atoms with Crippen LogP contribution in [0.5, 0.6) is 0 Å². The average molecular weight is 605 g/mol. The van der Waals surface area contributed by atoms with Gasteiger partial charge in [-0.25, -0.2) is 0 Å². The summed E-state index contributed by atoms with van der Waals surface area (Å²) in [5, 5.41) is 5.48. The molecule has 0 bridgehead atoms. The van der Waals surface area contributed by atoms with Gasteiger partial charge in [-0.05, 0) is 52.6 Å². The van der Waals surface area contributed by atoms with Gasteiger partial charge >= 0.3 is 0 Å². The first-order chi connectivity index (χ1) is 19.7. The Balaban J connectivity index is -0.000000426. The molecule has 1 unspecified atom stereocenters. The minimum Gasteiger partial charge on any atom is -0.379 e. The van der Waals surface area contributed by atoms with Crippen LogP contribution in [0.25, 0.3) is 0 Å². The number of hydrogen-bond donors (Lipinski definition) is 1. The van der Waals surface area contributed by atoms with Gasteiger partial charge in [-0.3, -0.25) is 4.84 Å². The van der Waals surface area contributed by atoms with Gasteiger partial charge in [0.15, 0.2) is 0 Å². The van der Waals surface area contributed by atoms with Crippen molar-refractivity contribution in [2.75, 3.05) is 39.9 Å². The van der Waals surface area contributed by atoms with Gasteiger partial charge in [0.25, 0.3) is 0 Å². The maximum absolute atomic E-state index is 6.12. The molecule has 0 aromatic carbocycles. The van der Waals surface area contributed by atoms with Crippen molar-refractivity contribution in [1.29, 1.82) is 0 Å². The van der Waals surface area contributed by atoms with E-state index in [-0.39, 0.29) is 16.3 Å². The first-order valence-electron chi connectivity index (χ1n) is 18.3. The van der Waals surface area contributed by atoms with Crippen molar-refractivity contribution in [1.82, 2.24) is 10.4 Å². The highest BCUT2D eigenvalue weighted by atomic mass is 16.7. The third-order valence-corrected chi connectivity index (χ3v) is 7.73. The van der Waals surface area contributed by atoms with Crippen molar-refractivity contribution in [2.45, 2.75) is 210 Å². The zero-order valence-corrected chi connectivity index (χ0v) is 28.8. The molecule has 1 N–H and O–H groups in total. The van der Waals surface area contributed by atoms with Crippen LogP contribution in [0.3, 0.4) is 0 Å². The SMILES string of the molecule is C.C.CCCCCCC.CCCCCCCCCOC(C)CCCCCCN(CCCNC)OCCCCCCCC.[HH]. The fraction of sp³-hybridized carbons (Fsp3) is 1.00. The van der Waals surface area contributed by atoms with E-state index in [9.17, 15) is 0 Å². The van der Waals surface area contributed by atoms with Gasteiger partial charge in [-0.15, -0.1) is 0 Å². The van der Waals surface area contributed by atoms with E-state index in [0.29, 0.717) is 6.10 Å². The summed E-state index contributed by atoms with van der Waals surface area (Å²) in [6.07, 6.45) is 32.4. The lowest BCUT2D eigenvalue weighted by molar-refractivity contribution is -0.161. The van der Waals surface area contributed by atoms with Gasteiger partial charge in [0, 0.05) is 21.1 Å². The quantitative estimate of drug-likeness (QED) is 0.0611. The van der Waals surface area contributed by atoms with E-state index in [4.69, 9.17) is 9.57 Å². The van der Waals surface area contributed by atoms with Crippen molar-refractivity contribution in [3.8, 4) is 0 Å². The number of ether oxygens (including phenoxy) is 1. The smallest absolute Gasteiger partial charge is 0.0685 e. The van der Waals surface area contributed by atoms with E-state index >= 15 is 0 Å². The second-order valence-corrected chi connectivity index (χ2v) is 12.1. The third kappa shape index (κ3) is 44.3. The van der Waals surface area contributed by atoms with Crippen molar-refractivity contribution >= 4 is 0 Å². The Labute approximate surface area is 270 Å². The topological polar surface area (TPSA) is 33.7 Å². The molecule has 0 fully saturated rings. The Hall–Kier alpha value is -0.160. The van der Waals surface area contributed by atoms with E-state index in [1.54, 1.807) is 0 Å². The van der Waals surface area contributed by atoms with Crippen LogP contribution in [0, 0.1) is 0 Å². The number of nitrogens with one attached hydrogen (secondary N) is 1. The summed E-state index contributed by atoms with van der Waals surface area (Å²) in [5.41, 5.74) is 0. The Kier molecular flexibility index (Phi) is 52.5. The molecule has 0 aromatic heterocycles. The summed E-state index contributed by atoms with van der Waals surface area (Å²) in [4.78, 5) is 6.12. The lowest BCUT2D eigenvalue weighted by atomic mass is 10.1. The molecule has 0 heterocycles. The van der Waals surface area contributed by atoms with Crippen LogP contribution < -0.4 is 5.32 Å². The molecule has 0 saturated carbocycles. The zero-order valence-electron chi connectivity index (χ0n) is 28.8. The Morgan fingerprint density at radius 1 is 0.524 bits per heavy atom. The molecule has 0 amide bonds. The summed E-state index contributed by atoms with van der Waals surface area (Å²) in [5.74, 6) is 0. The molecule has 0 aliphatic rings. The number of hydrogen-bond acceptors (Lipinski definition) is 4. The monoisotopic (exact) mass is 605 g/mol. The number of hydroxylamine groups is 2. The third-order valence-electron chi connectivity index (χ3n) is 7.73. The van der Waals surface area contributed by atoms with Gasteiger partial charge in [-0.2, -0.15) is 5.06 Å². The van der Waals surface area contributed by atoms with Gasteiger partial charge in [0.2, 0.25) is 0 Å². The van der Waals surface area contributed by atoms with E-state index in [0.717, 1.165) is 39.3 Å². The molecule has 262 valence electrons. The normalized spacial score (nSPS) is 11.5. The molecule has 0 spiro atoms. The highest BCUT2D eigenvalue weighted by Crippen LogP contribution is 2.12. The van der Waals surface area contributed by atoms with E-state index < -0.39 is 0 Å². The molecule has 0 radical (unpaired) electrons. The lowest BCUT2D eigenvalue weighted by Crippen LogP contribution is -2.29. The summed E-state index contributed by atoms with van der Waals surface area (Å²) in [6, 6.07) is 0. The molecule has 0 saturated heterocycles. The Morgan fingerprint density at radius 3 is 1.45 bits per heavy atom. The van der Waals surface area contributed by atoms with Crippen LogP contribution in [0.15, 0.2) is 0 Å². The molecule has 42 heavy (non-hydrogen) atoms. The Morgan fingerprint density at radius 2 is 0.929 bits per heavy atom. The summed E-state index contributed by atoms with van der Waals surface area (Å²) >= 11 is 0. The standard InChI is InChI=1S/C29H62N2O2.C7H16.2CH4.H2/c1-5-7-9-11-13-16-20-27-32-29(3)23-18-14-15-19-25-31(26-22-24-30-4)33-28-21-17-12-10-8-6-2;1-3-5-7-6-4-2;;;/h29-30H,5-28H2,1-4H3;3-7H2,1-2H3;2*1H4;1H. The first kappa shape index (κ1) is 48.7. The van der Waals surface area contributed by atoms with Crippen LogP contribution in [-0.4, -0.2) is 51.1 Å². The van der Waals surface area contributed by atoms with Crippen molar-refractivity contribution < 1.29 is 11.0 Å². The van der Waals surface area contributed by atoms with Crippen LogP contribution in [0.2, 0.25) is 0 Å². The predicted octanol–water partition coefficient (Wildman–Crippen LogP) is 12.8. The van der Waals surface area contributed by atoms with Crippen molar-refractivity contribution in [2.24, 2.45) is 0 Å². The average Bonchev–Trinajstić information content (AvgIpc) is 2.96. The van der Waals surface area contributed by atoms with E-state index in [1.807, 2.05) is 7.05 Å². The maximum atomic E-state index is 6.12. The summed E-state index contributed by atoms with van der Waals surface area (Å²) in [7, 11) is 2.03. The number of nitrogens with zero attached hydrogens (tertiary/aromatic N) is 1. The molecule has 4 heteroatoms. The second-order valence-electron chi connectivity index (χ2n) is 12.1. The van der Waals surface area contributed by atoms with Gasteiger partial charge < -0.3 is 10.1 Å². The van der Waals surface area contributed by atoms with Gasteiger partial charge in [0.05, 0.1) is 12.7 Å². The molecular weight excluding hydrogens is 516 g/mol.